The van der Waals surface area contributed by atoms with Gasteiger partial charge in [0.1, 0.15) is 0 Å². The lowest BCUT2D eigenvalue weighted by atomic mass is 10.1. The van der Waals surface area contributed by atoms with Crippen LogP contribution in [0, 0.1) is 6.92 Å². The first-order valence-corrected chi connectivity index (χ1v) is 9.89. The summed E-state index contributed by atoms with van der Waals surface area (Å²) >= 11 is 0. The van der Waals surface area contributed by atoms with Gasteiger partial charge in [-0.3, -0.25) is 9.69 Å². The Balaban J connectivity index is 1.40. The van der Waals surface area contributed by atoms with Crippen molar-refractivity contribution in [1.82, 2.24) is 25.2 Å². The number of morpholine rings is 1. The normalized spacial score (nSPS) is 14.7. The van der Waals surface area contributed by atoms with Crippen LogP contribution < -0.4 is 5.32 Å². The van der Waals surface area contributed by atoms with Crippen molar-refractivity contribution in [1.29, 1.82) is 0 Å². The molecule has 0 saturated carbocycles. The number of rotatable bonds is 6. The van der Waals surface area contributed by atoms with E-state index in [4.69, 9.17) is 4.74 Å². The molecule has 1 aromatic heterocycles. The molecule has 1 N–H and O–H groups in total. The Hall–Kier alpha value is -3.03. The molecule has 0 atom stereocenters. The predicted octanol–water partition coefficient (Wildman–Crippen LogP) is 2.30. The summed E-state index contributed by atoms with van der Waals surface area (Å²) in [6, 6.07) is 18.3. The van der Waals surface area contributed by atoms with Crippen LogP contribution in [0.3, 0.4) is 0 Å². The van der Waals surface area contributed by atoms with Gasteiger partial charge in [0.25, 0.3) is 5.91 Å². The van der Waals surface area contributed by atoms with E-state index in [0.717, 1.165) is 55.4 Å². The van der Waals surface area contributed by atoms with Gasteiger partial charge < -0.3 is 10.1 Å². The van der Waals surface area contributed by atoms with Crippen molar-refractivity contribution in [3.63, 3.8) is 0 Å². The maximum Gasteiger partial charge on any atom is 0.273 e. The molecule has 1 aliphatic rings. The van der Waals surface area contributed by atoms with Crippen LogP contribution in [0.2, 0.25) is 0 Å². The average molecular weight is 391 g/mol. The van der Waals surface area contributed by atoms with Crippen molar-refractivity contribution in [2.75, 3.05) is 39.4 Å². The van der Waals surface area contributed by atoms with Gasteiger partial charge in [-0.15, -0.1) is 5.10 Å². The van der Waals surface area contributed by atoms with Crippen LogP contribution >= 0.6 is 0 Å². The van der Waals surface area contributed by atoms with Crippen LogP contribution in [0.1, 0.15) is 16.2 Å². The number of carbonyl (C=O) groups is 1. The fourth-order valence-electron chi connectivity index (χ4n) is 3.45. The van der Waals surface area contributed by atoms with Gasteiger partial charge in [-0.2, -0.15) is 0 Å². The number of hydrogen-bond acceptors (Lipinski definition) is 5. The Morgan fingerprint density at radius 1 is 1.03 bits per heavy atom. The third kappa shape index (κ3) is 4.52. The quantitative estimate of drug-likeness (QED) is 0.698. The Labute approximate surface area is 170 Å². The Bertz CT molecular complexity index is 947. The SMILES string of the molecule is Cc1c(C(=O)NCCN2CCOCC2)nnn1-c1ccc(-c2ccccc2)cc1. The number of hydrogen-bond donors (Lipinski definition) is 1. The van der Waals surface area contributed by atoms with Gasteiger partial charge in [0.05, 0.1) is 24.6 Å². The van der Waals surface area contributed by atoms with E-state index in [0.29, 0.717) is 12.2 Å². The fraction of sp³-hybridized carbons (Fsp3) is 0.318. The minimum absolute atomic E-state index is 0.192. The van der Waals surface area contributed by atoms with Crippen LogP contribution in [-0.4, -0.2) is 65.2 Å². The Morgan fingerprint density at radius 3 is 2.45 bits per heavy atom. The molecule has 7 nitrogen and oxygen atoms in total. The molecule has 0 bridgehead atoms. The first-order valence-electron chi connectivity index (χ1n) is 9.89. The summed E-state index contributed by atoms with van der Waals surface area (Å²) in [5, 5.41) is 11.2. The summed E-state index contributed by atoms with van der Waals surface area (Å²) in [6.07, 6.45) is 0. The minimum atomic E-state index is -0.192. The van der Waals surface area contributed by atoms with E-state index in [1.165, 1.54) is 0 Å². The van der Waals surface area contributed by atoms with Gasteiger partial charge in [-0.25, -0.2) is 4.68 Å². The van der Waals surface area contributed by atoms with Crippen molar-refractivity contribution < 1.29 is 9.53 Å². The second-order valence-corrected chi connectivity index (χ2v) is 7.06. The minimum Gasteiger partial charge on any atom is -0.379 e. The third-order valence-corrected chi connectivity index (χ3v) is 5.15. The fourth-order valence-corrected chi connectivity index (χ4v) is 3.45. The van der Waals surface area contributed by atoms with Crippen molar-refractivity contribution in [2.24, 2.45) is 0 Å². The number of amides is 1. The molecule has 1 amide bonds. The molecule has 29 heavy (non-hydrogen) atoms. The number of ether oxygens (including phenoxy) is 1. The lowest BCUT2D eigenvalue weighted by molar-refractivity contribution is 0.0383. The molecule has 1 saturated heterocycles. The van der Waals surface area contributed by atoms with Crippen LogP contribution in [0.25, 0.3) is 16.8 Å². The molecule has 150 valence electrons. The standard InChI is InChI=1S/C22H25N5O2/c1-17-21(22(28)23-11-12-26-13-15-29-16-14-26)24-25-27(17)20-9-7-19(8-10-20)18-5-3-2-4-6-18/h2-10H,11-16H2,1H3,(H,23,28). The van der Waals surface area contributed by atoms with E-state index in [2.05, 4.69) is 32.7 Å². The van der Waals surface area contributed by atoms with Crippen molar-refractivity contribution in [2.45, 2.75) is 6.92 Å². The molecular weight excluding hydrogens is 366 g/mol. The van der Waals surface area contributed by atoms with Gasteiger partial charge in [-0.05, 0) is 30.2 Å². The summed E-state index contributed by atoms with van der Waals surface area (Å²) in [7, 11) is 0. The van der Waals surface area contributed by atoms with E-state index in [-0.39, 0.29) is 5.91 Å². The molecule has 3 aromatic rings. The highest BCUT2D eigenvalue weighted by atomic mass is 16.5. The topological polar surface area (TPSA) is 72.3 Å². The van der Waals surface area contributed by atoms with E-state index >= 15 is 0 Å². The highest BCUT2D eigenvalue weighted by molar-refractivity contribution is 5.93. The summed E-state index contributed by atoms with van der Waals surface area (Å²) in [4.78, 5) is 14.8. The van der Waals surface area contributed by atoms with E-state index in [9.17, 15) is 4.79 Å². The molecule has 4 rings (SSSR count). The zero-order valence-corrected chi connectivity index (χ0v) is 16.5. The van der Waals surface area contributed by atoms with Crippen LogP contribution in [-0.2, 0) is 4.74 Å². The first kappa shape index (κ1) is 19.3. The summed E-state index contributed by atoms with van der Waals surface area (Å²) in [5.74, 6) is -0.192. The smallest absolute Gasteiger partial charge is 0.273 e. The van der Waals surface area contributed by atoms with Gasteiger partial charge in [0.2, 0.25) is 0 Å². The van der Waals surface area contributed by atoms with Crippen LogP contribution in [0.5, 0.6) is 0 Å². The highest BCUT2D eigenvalue weighted by Crippen LogP contribution is 2.21. The van der Waals surface area contributed by atoms with Gasteiger partial charge in [-0.1, -0.05) is 47.7 Å². The second-order valence-electron chi connectivity index (χ2n) is 7.06. The molecule has 0 aliphatic carbocycles. The van der Waals surface area contributed by atoms with E-state index in [1.54, 1.807) is 4.68 Å². The zero-order chi connectivity index (χ0) is 20.1. The molecular formula is C22H25N5O2. The van der Waals surface area contributed by atoms with Gasteiger partial charge >= 0.3 is 0 Å². The number of nitrogens with one attached hydrogen (secondary N) is 1. The Kier molecular flexibility index (Phi) is 5.97. The zero-order valence-electron chi connectivity index (χ0n) is 16.5. The van der Waals surface area contributed by atoms with Crippen molar-refractivity contribution >= 4 is 5.91 Å². The number of carbonyl (C=O) groups excluding carboxylic acids is 1. The van der Waals surface area contributed by atoms with Crippen LogP contribution in [0.4, 0.5) is 0 Å². The molecule has 0 spiro atoms. The number of nitrogens with zero attached hydrogens (tertiary/aromatic N) is 4. The lowest BCUT2D eigenvalue weighted by Gasteiger charge is -2.26. The second kappa shape index (κ2) is 8.98. The predicted molar refractivity (Wildman–Crippen MR) is 111 cm³/mol. The summed E-state index contributed by atoms with van der Waals surface area (Å²) < 4.78 is 7.04. The maximum atomic E-state index is 12.5. The largest absolute Gasteiger partial charge is 0.379 e. The van der Waals surface area contributed by atoms with E-state index < -0.39 is 0 Å². The monoisotopic (exact) mass is 391 g/mol. The number of aromatic nitrogens is 3. The van der Waals surface area contributed by atoms with E-state index in [1.807, 2.05) is 49.4 Å². The molecule has 2 heterocycles. The molecule has 1 aliphatic heterocycles. The van der Waals surface area contributed by atoms with Gasteiger partial charge in [0.15, 0.2) is 5.69 Å². The summed E-state index contributed by atoms with van der Waals surface area (Å²) in [6.45, 7) is 6.57. The van der Waals surface area contributed by atoms with Crippen molar-refractivity contribution in [3.05, 3.63) is 66.0 Å². The molecule has 7 heteroatoms. The molecule has 0 radical (unpaired) electrons. The van der Waals surface area contributed by atoms with Crippen molar-refractivity contribution in [3.8, 4) is 16.8 Å². The maximum absolute atomic E-state index is 12.5. The third-order valence-electron chi connectivity index (χ3n) is 5.15. The Morgan fingerprint density at radius 2 is 1.72 bits per heavy atom. The highest BCUT2D eigenvalue weighted by Gasteiger charge is 2.18. The first-order chi connectivity index (χ1) is 14.2. The molecule has 2 aromatic carbocycles. The summed E-state index contributed by atoms with van der Waals surface area (Å²) in [5.41, 5.74) is 4.25. The van der Waals surface area contributed by atoms with Crippen LogP contribution in [0.15, 0.2) is 54.6 Å². The number of benzene rings is 2. The average Bonchev–Trinajstić information content (AvgIpc) is 3.16. The molecule has 0 unspecified atom stereocenters. The molecule has 1 fully saturated rings. The van der Waals surface area contributed by atoms with Gasteiger partial charge in [0, 0.05) is 26.2 Å². The lowest BCUT2D eigenvalue weighted by Crippen LogP contribution is -2.41.